The van der Waals surface area contributed by atoms with E-state index < -0.39 is 0 Å². The normalized spacial score (nSPS) is 11.9. The summed E-state index contributed by atoms with van der Waals surface area (Å²) in [4.78, 5) is 16.5. The van der Waals surface area contributed by atoms with Crippen molar-refractivity contribution in [3.05, 3.63) is 53.7 Å². The quantitative estimate of drug-likeness (QED) is 0.895. The summed E-state index contributed by atoms with van der Waals surface area (Å²) in [6.45, 7) is 3.48. The highest BCUT2D eigenvalue weighted by Gasteiger charge is 2.13. The monoisotopic (exact) mass is 270 g/mol. The van der Waals surface area contributed by atoms with Gasteiger partial charge in [-0.05, 0) is 26.0 Å². The van der Waals surface area contributed by atoms with Crippen LogP contribution >= 0.6 is 0 Å². The first-order valence-corrected chi connectivity index (χ1v) is 6.56. The first kappa shape index (κ1) is 14.2. The number of aryl methyl sites for hydroxylation is 1. The van der Waals surface area contributed by atoms with Crippen molar-refractivity contribution in [3.8, 4) is 11.3 Å². The third-order valence-corrected chi connectivity index (χ3v) is 3.05. The van der Waals surface area contributed by atoms with Crippen molar-refractivity contribution in [2.45, 2.75) is 19.9 Å². The number of nitrogens with one attached hydrogen (secondary N) is 1. The van der Waals surface area contributed by atoms with E-state index in [9.17, 15) is 4.79 Å². The molecule has 0 bridgehead atoms. The zero-order valence-corrected chi connectivity index (χ0v) is 11.6. The van der Waals surface area contributed by atoms with Crippen LogP contribution in [-0.2, 0) is 0 Å². The summed E-state index contributed by atoms with van der Waals surface area (Å²) >= 11 is 0. The van der Waals surface area contributed by atoms with Crippen LogP contribution in [-0.4, -0.2) is 28.6 Å². The van der Waals surface area contributed by atoms with Crippen molar-refractivity contribution in [2.24, 2.45) is 0 Å². The molecule has 0 aliphatic carbocycles. The van der Waals surface area contributed by atoms with Gasteiger partial charge in [0.05, 0.1) is 23.6 Å². The van der Waals surface area contributed by atoms with Crippen molar-refractivity contribution in [2.75, 3.05) is 6.61 Å². The highest BCUT2D eigenvalue weighted by Crippen LogP contribution is 2.18. The number of pyridine rings is 1. The Morgan fingerprint density at radius 1 is 1.25 bits per heavy atom. The predicted octanol–water partition coefficient (Wildman–Crippen LogP) is 2.17. The molecule has 104 valence electrons. The van der Waals surface area contributed by atoms with Gasteiger partial charge in [0.15, 0.2) is 0 Å². The molecule has 1 atom stereocenters. The molecule has 0 spiro atoms. The van der Waals surface area contributed by atoms with Gasteiger partial charge < -0.3 is 10.4 Å². The van der Waals surface area contributed by atoms with E-state index in [2.05, 4.69) is 10.3 Å². The molecule has 1 aromatic heterocycles. The first-order valence-electron chi connectivity index (χ1n) is 6.56. The van der Waals surface area contributed by atoms with Crippen molar-refractivity contribution in [3.63, 3.8) is 0 Å². The summed E-state index contributed by atoms with van der Waals surface area (Å²) in [6.07, 6.45) is 0. The molecule has 0 radical (unpaired) electrons. The number of aromatic nitrogens is 1. The highest BCUT2D eigenvalue weighted by molar-refractivity contribution is 5.95. The molecule has 4 heteroatoms. The van der Waals surface area contributed by atoms with Crippen LogP contribution < -0.4 is 5.32 Å². The number of aliphatic hydroxyl groups excluding tert-OH is 1. The Hall–Kier alpha value is -2.20. The summed E-state index contributed by atoms with van der Waals surface area (Å²) in [5, 5.41) is 11.7. The number of benzene rings is 1. The molecule has 1 unspecified atom stereocenters. The summed E-state index contributed by atoms with van der Waals surface area (Å²) in [5.41, 5.74) is 3.07. The Labute approximate surface area is 118 Å². The van der Waals surface area contributed by atoms with E-state index >= 15 is 0 Å². The average Bonchev–Trinajstić information content (AvgIpc) is 2.47. The lowest BCUT2D eigenvalue weighted by Crippen LogP contribution is -2.35. The van der Waals surface area contributed by atoms with Gasteiger partial charge in [-0.2, -0.15) is 0 Å². The van der Waals surface area contributed by atoms with E-state index in [-0.39, 0.29) is 18.6 Å². The zero-order chi connectivity index (χ0) is 14.5. The molecule has 0 saturated carbocycles. The number of hydrogen-bond acceptors (Lipinski definition) is 3. The summed E-state index contributed by atoms with van der Waals surface area (Å²) < 4.78 is 0. The van der Waals surface area contributed by atoms with Gasteiger partial charge in [-0.25, -0.2) is 0 Å². The Bertz CT molecular complexity index is 597. The minimum absolute atomic E-state index is 0.0830. The van der Waals surface area contributed by atoms with Gasteiger partial charge in [0, 0.05) is 11.6 Å². The number of amides is 1. The van der Waals surface area contributed by atoms with Crippen molar-refractivity contribution >= 4 is 5.91 Å². The molecular weight excluding hydrogens is 252 g/mol. The summed E-state index contributed by atoms with van der Waals surface area (Å²) in [7, 11) is 0. The van der Waals surface area contributed by atoms with Gasteiger partial charge in [-0.15, -0.1) is 0 Å². The minimum atomic E-state index is -0.268. The second kappa shape index (κ2) is 6.30. The summed E-state index contributed by atoms with van der Waals surface area (Å²) in [6, 6.07) is 13.2. The molecule has 0 aliphatic rings. The fourth-order valence-corrected chi connectivity index (χ4v) is 1.92. The van der Waals surface area contributed by atoms with Crippen LogP contribution in [0.1, 0.15) is 23.0 Å². The first-order chi connectivity index (χ1) is 9.61. The van der Waals surface area contributed by atoms with E-state index in [1.165, 1.54) is 0 Å². The number of nitrogens with zero attached hydrogens (tertiary/aromatic N) is 1. The molecule has 2 rings (SSSR count). The Kier molecular flexibility index (Phi) is 4.48. The number of rotatable bonds is 4. The largest absolute Gasteiger partial charge is 0.394 e. The second-order valence-electron chi connectivity index (χ2n) is 4.75. The Morgan fingerprint density at radius 2 is 1.95 bits per heavy atom. The maximum atomic E-state index is 12.0. The van der Waals surface area contributed by atoms with E-state index in [0.29, 0.717) is 11.3 Å². The van der Waals surface area contributed by atoms with Crippen LogP contribution in [0.2, 0.25) is 0 Å². The van der Waals surface area contributed by atoms with E-state index in [1.807, 2.05) is 43.3 Å². The van der Waals surface area contributed by atoms with Gasteiger partial charge in [0.1, 0.15) is 0 Å². The molecule has 2 aromatic rings. The van der Waals surface area contributed by atoms with Crippen LogP contribution in [0, 0.1) is 6.92 Å². The van der Waals surface area contributed by atoms with E-state index in [4.69, 9.17) is 5.11 Å². The number of carbonyl (C=O) groups is 1. The molecule has 1 heterocycles. The molecule has 4 nitrogen and oxygen atoms in total. The maximum Gasteiger partial charge on any atom is 0.253 e. The third-order valence-electron chi connectivity index (χ3n) is 3.05. The highest BCUT2D eigenvalue weighted by atomic mass is 16.3. The smallest absolute Gasteiger partial charge is 0.253 e. The van der Waals surface area contributed by atoms with E-state index in [0.717, 1.165) is 11.3 Å². The van der Waals surface area contributed by atoms with Crippen molar-refractivity contribution in [1.82, 2.24) is 10.3 Å². The average molecular weight is 270 g/mol. The predicted molar refractivity (Wildman–Crippen MR) is 78.4 cm³/mol. The van der Waals surface area contributed by atoms with Gasteiger partial charge in [-0.3, -0.25) is 9.78 Å². The molecule has 0 fully saturated rings. The Morgan fingerprint density at radius 3 is 2.55 bits per heavy atom. The molecule has 20 heavy (non-hydrogen) atoms. The standard InChI is InChI=1S/C16H18N2O2/c1-11(10-19)17-16(20)14-8-9-15(18-12(14)2)13-6-4-3-5-7-13/h3-9,11,19H,10H2,1-2H3,(H,17,20). The van der Waals surface area contributed by atoms with Crippen LogP contribution in [0.5, 0.6) is 0 Å². The fourth-order valence-electron chi connectivity index (χ4n) is 1.92. The SMILES string of the molecule is Cc1nc(-c2ccccc2)ccc1C(=O)NC(C)CO. The lowest BCUT2D eigenvalue weighted by molar-refractivity contribution is 0.0921. The van der Waals surface area contributed by atoms with Crippen LogP contribution in [0.3, 0.4) is 0 Å². The zero-order valence-electron chi connectivity index (χ0n) is 11.6. The molecule has 1 aromatic carbocycles. The second-order valence-corrected chi connectivity index (χ2v) is 4.75. The minimum Gasteiger partial charge on any atom is -0.394 e. The van der Waals surface area contributed by atoms with E-state index in [1.54, 1.807) is 13.0 Å². The summed E-state index contributed by atoms with van der Waals surface area (Å²) in [5.74, 6) is -0.212. The molecular formula is C16H18N2O2. The molecule has 2 N–H and O–H groups in total. The topological polar surface area (TPSA) is 62.2 Å². The van der Waals surface area contributed by atoms with Crippen molar-refractivity contribution in [1.29, 1.82) is 0 Å². The van der Waals surface area contributed by atoms with Gasteiger partial charge in [0.25, 0.3) is 5.91 Å². The number of aliphatic hydroxyl groups is 1. The Balaban J connectivity index is 2.24. The van der Waals surface area contributed by atoms with Gasteiger partial charge in [0.2, 0.25) is 0 Å². The fraction of sp³-hybridized carbons (Fsp3) is 0.250. The maximum absolute atomic E-state index is 12.0. The third kappa shape index (κ3) is 3.22. The van der Waals surface area contributed by atoms with Gasteiger partial charge in [-0.1, -0.05) is 30.3 Å². The number of hydrogen-bond donors (Lipinski definition) is 2. The van der Waals surface area contributed by atoms with Crippen LogP contribution in [0.15, 0.2) is 42.5 Å². The van der Waals surface area contributed by atoms with Crippen molar-refractivity contribution < 1.29 is 9.90 Å². The lowest BCUT2D eigenvalue weighted by atomic mass is 10.1. The van der Waals surface area contributed by atoms with Crippen LogP contribution in [0.25, 0.3) is 11.3 Å². The molecule has 0 aliphatic heterocycles. The van der Waals surface area contributed by atoms with Crippen LogP contribution in [0.4, 0.5) is 0 Å². The molecule has 0 saturated heterocycles. The van der Waals surface area contributed by atoms with Gasteiger partial charge >= 0.3 is 0 Å². The lowest BCUT2D eigenvalue weighted by Gasteiger charge is -2.12. The number of carbonyl (C=O) groups excluding carboxylic acids is 1. The molecule has 1 amide bonds.